The number of aliphatic hydroxyl groups is 1. The van der Waals surface area contributed by atoms with E-state index in [-0.39, 0.29) is 6.54 Å². The molecule has 8 nitrogen and oxygen atoms in total. The van der Waals surface area contributed by atoms with Crippen molar-refractivity contribution in [3.63, 3.8) is 0 Å². The number of carbonyl (C=O) groups is 2. The molecule has 0 bridgehead atoms. The van der Waals surface area contributed by atoms with E-state index in [9.17, 15) is 14.7 Å². The van der Waals surface area contributed by atoms with Crippen LogP contribution >= 0.6 is 0 Å². The summed E-state index contributed by atoms with van der Waals surface area (Å²) in [7, 11) is 0. The number of rotatable bonds is 4. The van der Waals surface area contributed by atoms with Gasteiger partial charge in [0.1, 0.15) is 24.6 Å². The molecule has 25 heavy (non-hydrogen) atoms. The number of furan rings is 1. The maximum atomic E-state index is 12.0. The predicted octanol–water partition coefficient (Wildman–Crippen LogP) is 1.01. The van der Waals surface area contributed by atoms with Crippen LogP contribution in [0.2, 0.25) is 0 Å². The third kappa shape index (κ3) is 3.92. The maximum absolute atomic E-state index is 12.0. The molecular weight excluding hydrogens is 328 g/mol. The minimum Gasteiger partial charge on any atom is -0.486 e. The number of nitrogens with one attached hydrogen (secondary N) is 2. The fraction of sp³-hybridized carbons (Fsp3) is 0.294. The standard InChI is InChI=1S/C17H18N2O6/c1-17(22,14-3-2-6-25-14)10-18-15(20)16(21)19-11-4-5-12-13(9-11)24-8-7-23-12/h2-6,9,22H,7-8,10H2,1H3,(H,18,20)(H,19,21)/t17-/m1/s1. The number of hydrogen-bond acceptors (Lipinski definition) is 6. The Kier molecular flexibility index (Phi) is 4.62. The average Bonchev–Trinajstić information content (AvgIpc) is 3.15. The Morgan fingerprint density at radius 1 is 1.16 bits per heavy atom. The molecule has 1 aromatic carbocycles. The van der Waals surface area contributed by atoms with Gasteiger partial charge in [-0.05, 0) is 31.2 Å². The fourth-order valence-electron chi connectivity index (χ4n) is 2.31. The summed E-state index contributed by atoms with van der Waals surface area (Å²) in [6.45, 7) is 2.20. The highest BCUT2D eigenvalue weighted by Crippen LogP contribution is 2.32. The van der Waals surface area contributed by atoms with Crippen LogP contribution in [0.15, 0.2) is 41.0 Å². The Hall–Kier alpha value is -3.00. The van der Waals surface area contributed by atoms with Crippen molar-refractivity contribution in [3.05, 3.63) is 42.4 Å². The van der Waals surface area contributed by atoms with Crippen LogP contribution in [-0.4, -0.2) is 36.7 Å². The third-order valence-corrected chi connectivity index (χ3v) is 3.65. The SMILES string of the molecule is C[C@@](O)(CNC(=O)C(=O)Nc1ccc2c(c1)OCCO2)c1ccco1. The topological polar surface area (TPSA) is 110 Å². The summed E-state index contributed by atoms with van der Waals surface area (Å²) in [5.74, 6) is -0.345. The zero-order valence-corrected chi connectivity index (χ0v) is 13.6. The summed E-state index contributed by atoms with van der Waals surface area (Å²) in [5, 5.41) is 15.1. The van der Waals surface area contributed by atoms with Gasteiger partial charge in [0.25, 0.3) is 0 Å². The highest BCUT2D eigenvalue weighted by molar-refractivity contribution is 6.39. The van der Waals surface area contributed by atoms with Gasteiger partial charge in [-0.1, -0.05) is 0 Å². The first-order chi connectivity index (χ1) is 12.0. The number of benzene rings is 1. The van der Waals surface area contributed by atoms with Crippen molar-refractivity contribution in [2.45, 2.75) is 12.5 Å². The Balaban J connectivity index is 1.57. The third-order valence-electron chi connectivity index (χ3n) is 3.65. The van der Waals surface area contributed by atoms with Gasteiger partial charge in [-0.25, -0.2) is 0 Å². The summed E-state index contributed by atoms with van der Waals surface area (Å²) < 4.78 is 15.9. The number of hydrogen-bond donors (Lipinski definition) is 3. The average molecular weight is 346 g/mol. The van der Waals surface area contributed by atoms with E-state index in [4.69, 9.17) is 13.9 Å². The van der Waals surface area contributed by atoms with Gasteiger partial charge in [0, 0.05) is 11.8 Å². The molecule has 0 radical (unpaired) electrons. The van der Waals surface area contributed by atoms with Gasteiger partial charge in [0.15, 0.2) is 11.5 Å². The molecule has 2 heterocycles. The van der Waals surface area contributed by atoms with Crippen molar-refractivity contribution in [1.82, 2.24) is 5.32 Å². The Labute approximate surface area is 143 Å². The number of carbonyl (C=O) groups excluding carboxylic acids is 2. The van der Waals surface area contributed by atoms with Crippen LogP contribution < -0.4 is 20.1 Å². The van der Waals surface area contributed by atoms with Crippen molar-refractivity contribution >= 4 is 17.5 Å². The zero-order chi connectivity index (χ0) is 17.9. The first kappa shape index (κ1) is 16.8. The van der Waals surface area contributed by atoms with E-state index in [2.05, 4.69) is 10.6 Å². The Bertz CT molecular complexity index is 769. The first-order valence-corrected chi connectivity index (χ1v) is 7.71. The summed E-state index contributed by atoms with van der Waals surface area (Å²) >= 11 is 0. The summed E-state index contributed by atoms with van der Waals surface area (Å²) in [6, 6.07) is 8.06. The number of anilines is 1. The largest absolute Gasteiger partial charge is 0.486 e. The maximum Gasteiger partial charge on any atom is 0.313 e. The van der Waals surface area contributed by atoms with Crippen LogP contribution in [0.1, 0.15) is 12.7 Å². The van der Waals surface area contributed by atoms with Gasteiger partial charge in [0.05, 0.1) is 12.8 Å². The van der Waals surface area contributed by atoms with Crippen LogP contribution in [0.4, 0.5) is 5.69 Å². The van der Waals surface area contributed by atoms with Crippen LogP contribution in [0.25, 0.3) is 0 Å². The molecule has 2 aromatic rings. The van der Waals surface area contributed by atoms with Crippen LogP contribution in [0.5, 0.6) is 11.5 Å². The minimum absolute atomic E-state index is 0.173. The van der Waals surface area contributed by atoms with E-state index in [1.54, 1.807) is 30.3 Å². The van der Waals surface area contributed by atoms with Gasteiger partial charge >= 0.3 is 11.8 Å². The molecule has 0 spiro atoms. The predicted molar refractivity (Wildman–Crippen MR) is 87.4 cm³/mol. The molecule has 132 valence electrons. The van der Waals surface area contributed by atoms with Gasteiger partial charge in [-0.2, -0.15) is 0 Å². The lowest BCUT2D eigenvalue weighted by molar-refractivity contribution is -0.136. The van der Waals surface area contributed by atoms with E-state index in [0.29, 0.717) is 36.2 Å². The lowest BCUT2D eigenvalue weighted by atomic mass is 10.0. The molecule has 2 amide bonds. The molecule has 3 rings (SSSR count). The van der Waals surface area contributed by atoms with Crippen molar-refractivity contribution < 1.29 is 28.6 Å². The highest BCUT2D eigenvalue weighted by atomic mass is 16.6. The molecule has 0 fully saturated rings. The first-order valence-electron chi connectivity index (χ1n) is 7.71. The van der Waals surface area contributed by atoms with E-state index < -0.39 is 17.4 Å². The monoisotopic (exact) mass is 346 g/mol. The number of amides is 2. The molecule has 0 aliphatic carbocycles. The molecule has 8 heteroatoms. The van der Waals surface area contributed by atoms with Gasteiger partial charge in [-0.3, -0.25) is 9.59 Å². The van der Waals surface area contributed by atoms with Crippen molar-refractivity contribution in [2.24, 2.45) is 0 Å². The molecule has 1 aliphatic heterocycles. The minimum atomic E-state index is -1.42. The van der Waals surface area contributed by atoms with Crippen LogP contribution in [0.3, 0.4) is 0 Å². The van der Waals surface area contributed by atoms with Crippen molar-refractivity contribution in [2.75, 3.05) is 25.1 Å². The molecule has 0 unspecified atom stereocenters. The summed E-state index contributed by atoms with van der Waals surface area (Å²) in [5.41, 5.74) is -1.02. The second kappa shape index (κ2) is 6.86. The molecule has 3 N–H and O–H groups in total. The normalized spacial score (nSPS) is 15.1. The lowest BCUT2D eigenvalue weighted by Crippen LogP contribution is -2.43. The molecule has 1 aliphatic rings. The zero-order valence-electron chi connectivity index (χ0n) is 13.6. The number of ether oxygens (including phenoxy) is 2. The van der Waals surface area contributed by atoms with E-state index in [1.165, 1.54) is 13.2 Å². The fourth-order valence-corrected chi connectivity index (χ4v) is 2.31. The molecule has 0 saturated heterocycles. The summed E-state index contributed by atoms with van der Waals surface area (Å²) in [4.78, 5) is 23.9. The van der Waals surface area contributed by atoms with Crippen LogP contribution in [-0.2, 0) is 15.2 Å². The second-order valence-electron chi connectivity index (χ2n) is 5.75. The molecule has 1 aromatic heterocycles. The Morgan fingerprint density at radius 2 is 1.92 bits per heavy atom. The quantitative estimate of drug-likeness (QED) is 0.713. The molecule has 0 saturated carbocycles. The van der Waals surface area contributed by atoms with Gasteiger partial charge < -0.3 is 29.6 Å². The second-order valence-corrected chi connectivity index (χ2v) is 5.75. The lowest BCUT2D eigenvalue weighted by Gasteiger charge is -2.21. The van der Waals surface area contributed by atoms with E-state index in [1.807, 2.05) is 0 Å². The van der Waals surface area contributed by atoms with Gasteiger partial charge in [-0.15, -0.1) is 0 Å². The van der Waals surface area contributed by atoms with Crippen molar-refractivity contribution in [1.29, 1.82) is 0 Å². The highest BCUT2D eigenvalue weighted by Gasteiger charge is 2.28. The molecular formula is C17H18N2O6. The summed E-state index contributed by atoms with van der Waals surface area (Å²) in [6.07, 6.45) is 1.42. The Morgan fingerprint density at radius 3 is 2.64 bits per heavy atom. The van der Waals surface area contributed by atoms with E-state index in [0.717, 1.165) is 0 Å². The van der Waals surface area contributed by atoms with Crippen molar-refractivity contribution in [3.8, 4) is 11.5 Å². The van der Waals surface area contributed by atoms with Crippen LogP contribution in [0, 0.1) is 0 Å². The molecule has 1 atom stereocenters. The van der Waals surface area contributed by atoms with Gasteiger partial charge in [0.2, 0.25) is 0 Å². The van der Waals surface area contributed by atoms with E-state index >= 15 is 0 Å². The number of fused-ring (bicyclic) bond motifs is 1. The smallest absolute Gasteiger partial charge is 0.313 e.